The lowest BCUT2D eigenvalue weighted by molar-refractivity contribution is 0.966. The topological polar surface area (TPSA) is 75.3 Å². The molecule has 0 aliphatic carbocycles. The summed E-state index contributed by atoms with van der Waals surface area (Å²) in [7, 11) is 0. The average Bonchev–Trinajstić information content (AvgIpc) is 2.56. The predicted molar refractivity (Wildman–Crippen MR) is 77.9 cm³/mol. The van der Waals surface area contributed by atoms with Crippen LogP contribution in [0.5, 0.6) is 0 Å². The lowest BCUT2D eigenvalue weighted by atomic mass is 10.1. The molecule has 3 rings (SSSR count). The monoisotopic (exact) mass is 273 g/mol. The van der Waals surface area contributed by atoms with E-state index in [1.54, 1.807) is 12.3 Å². The van der Waals surface area contributed by atoms with E-state index in [0.29, 0.717) is 17.2 Å². The van der Waals surface area contributed by atoms with E-state index in [-0.39, 0.29) is 5.69 Å². The summed E-state index contributed by atoms with van der Waals surface area (Å²) in [6, 6.07) is 15.2. The number of hydrogen-bond donors (Lipinski definition) is 0. The van der Waals surface area contributed by atoms with Crippen molar-refractivity contribution < 1.29 is 0 Å². The van der Waals surface area contributed by atoms with Gasteiger partial charge in [0, 0.05) is 11.8 Å². The number of nitriles is 1. The highest BCUT2D eigenvalue weighted by atomic mass is 15.2. The minimum atomic E-state index is 0.245. The van der Waals surface area contributed by atoms with Gasteiger partial charge in [0.05, 0.1) is 0 Å². The molecule has 2 aromatic heterocycles. The number of aromatic nitrogens is 4. The summed E-state index contributed by atoms with van der Waals surface area (Å²) >= 11 is 0. The molecule has 5 heteroatoms. The first-order chi connectivity index (χ1) is 10.3. The van der Waals surface area contributed by atoms with Gasteiger partial charge in [-0.1, -0.05) is 35.9 Å². The van der Waals surface area contributed by atoms with Gasteiger partial charge in [-0.05, 0) is 19.1 Å². The van der Waals surface area contributed by atoms with Crippen molar-refractivity contribution in [3.8, 4) is 28.8 Å². The summed E-state index contributed by atoms with van der Waals surface area (Å²) < 4.78 is 0. The molecule has 3 aromatic rings. The zero-order valence-electron chi connectivity index (χ0n) is 11.4. The number of aryl methyl sites for hydroxylation is 1. The molecule has 1 aromatic carbocycles. The number of hydrogen-bond acceptors (Lipinski definition) is 5. The molecule has 0 aliphatic heterocycles. The van der Waals surface area contributed by atoms with E-state index in [1.165, 1.54) is 0 Å². The Morgan fingerprint density at radius 2 is 1.81 bits per heavy atom. The van der Waals surface area contributed by atoms with Crippen molar-refractivity contribution in [2.24, 2.45) is 0 Å². The molecule has 0 fully saturated rings. The van der Waals surface area contributed by atoms with Crippen LogP contribution in [0.4, 0.5) is 0 Å². The Labute approximate surface area is 122 Å². The van der Waals surface area contributed by atoms with Crippen LogP contribution in [0, 0.1) is 18.3 Å². The molecular formula is C16H11N5. The SMILES string of the molecule is Cc1ccc(-c2nnc(-c3ccccn3)nc2C#N)cc1. The maximum absolute atomic E-state index is 9.31. The van der Waals surface area contributed by atoms with Crippen LogP contribution in [-0.2, 0) is 0 Å². The Kier molecular flexibility index (Phi) is 3.36. The van der Waals surface area contributed by atoms with Crippen LogP contribution in [0.15, 0.2) is 48.7 Å². The Bertz CT molecular complexity index is 804. The van der Waals surface area contributed by atoms with Crippen LogP contribution in [0.2, 0.25) is 0 Å². The average molecular weight is 273 g/mol. The molecule has 0 radical (unpaired) electrons. The first-order valence-corrected chi connectivity index (χ1v) is 6.41. The van der Waals surface area contributed by atoms with Crippen molar-refractivity contribution in [2.45, 2.75) is 6.92 Å². The second kappa shape index (κ2) is 5.47. The van der Waals surface area contributed by atoms with Crippen LogP contribution in [0.1, 0.15) is 11.3 Å². The molecular weight excluding hydrogens is 262 g/mol. The summed E-state index contributed by atoms with van der Waals surface area (Å²) in [6.07, 6.45) is 1.65. The first-order valence-electron chi connectivity index (χ1n) is 6.41. The third-order valence-electron chi connectivity index (χ3n) is 3.01. The summed E-state index contributed by atoms with van der Waals surface area (Å²) in [4.78, 5) is 8.43. The van der Waals surface area contributed by atoms with Crippen LogP contribution in [-0.4, -0.2) is 20.2 Å². The predicted octanol–water partition coefficient (Wildman–Crippen LogP) is 2.78. The molecule has 21 heavy (non-hydrogen) atoms. The lowest BCUT2D eigenvalue weighted by Gasteiger charge is -2.04. The van der Waals surface area contributed by atoms with Crippen LogP contribution in [0.3, 0.4) is 0 Å². The molecule has 0 saturated heterocycles. The second-order valence-corrected chi connectivity index (χ2v) is 4.53. The van der Waals surface area contributed by atoms with E-state index in [1.807, 2.05) is 43.3 Å². The van der Waals surface area contributed by atoms with E-state index < -0.39 is 0 Å². The van der Waals surface area contributed by atoms with Gasteiger partial charge in [-0.25, -0.2) is 4.98 Å². The molecule has 0 aliphatic rings. The first kappa shape index (κ1) is 12.9. The number of rotatable bonds is 2. The van der Waals surface area contributed by atoms with Gasteiger partial charge >= 0.3 is 0 Å². The van der Waals surface area contributed by atoms with Crippen LogP contribution < -0.4 is 0 Å². The third kappa shape index (κ3) is 2.60. The van der Waals surface area contributed by atoms with E-state index in [0.717, 1.165) is 11.1 Å². The van der Waals surface area contributed by atoms with Gasteiger partial charge in [0.15, 0.2) is 5.69 Å². The van der Waals surface area contributed by atoms with E-state index in [2.05, 4.69) is 26.2 Å². The number of pyridine rings is 1. The highest BCUT2D eigenvalue weighted by Gasteiger charge is 2.12. The van der Waals surface area contributed by atoms with Crippen molar-refractivity contribution in [3.63, 3.8) is 0 Å². The second-order valence-electron chi connectivity index (χ2n) is 4.53. The van der Waals surface area contributed by atoms with Gasteiger partial charge < -0.3 is 0 Å². The highest BCUT2D eigenvalue weighted by molar-refractivity contribution is 5.65. The summed E-state index contributed by atoms with van der Waals surface area (Å²) in [5, 5.41) is 17.5. The third-order valence-corrected chi connectivity index (χ3v) is 3.01. The molecule has 0 amide bonds. The van der Waals surface area contributed by atoms with Crippen LogP contribution in [0.25, 0.3) is 22.8 Å². The van der Waals surface area contributed by atoms with E-state index >= 15 is 0 Å². The van der Waals surface area contributed by atoms with Gasteiger partial charge in [-0.15, -0.1) is 10.2 Å². The molecule has 5 nitrogen and oxygen atoms in total. The molecule has 0 unspecified atom stereocenters. The fraction of sp³-hybridized carbons (Fsp3) is 0.0625. The highest BCUT2D eigenvalue weighted by Crippen LogP contribution is 2.21. The normalized spacial score (nSPS) is 10.1. The maximum Gasteiger partial charge on any atom is 0.201 e. The fourth-order valence-corrected chi connectivity index (χ4v) is 1.91. The summed E-state index contributed by atoms with van der Waals surface area (Å²) in [6.45, 7) is 2.00. The molecule has 100 valence electrons. The Hall–Kier alpha value is -3.13. The summed E-state index contributed by atoms with van der Waals surface area (Å²) in [5.41, 5.74) is 3.29. The Morgan fingerprint density at radius 3 is 2.48 bits per heavy atom. The quantitative estimate of drug-likeness (QED) is 0.717. The zero-order valence-corrected chi connectivity index (χ0v) is 11.4. The fourth-order valence-electron chi connectivity index (χ4n) is 1.91. The van der Waals surface area contributed by atoms with Gasteiger partial charge in [0.1, 0.15) is 17.5 Å². The minimum absolute atomic E-state index is 0.245. The van der Waals surface area contributed by atoms with Gasteiger partial charge in [0.2, 0.25) is 5.82 Å². The van der Waals surface area contributed by atoms with Crippen molar-refractivity contribution >= 4 is 0 Å². The van der Waals surface area contributed by atoms with Gasteiger partial charge in [-0.2, -0.15) is 5.26 Å². The number of nitrogens with zero attached hydrogens (tertiary/aromatic N) is 5. The van der Waals surface area contributed by atoms with Crippen molar-refractivity contribution in [1.29, 1.82) is 5.26 Å². The molecule has 2 heterocycles. The lowest BCUT2D eigenvalue weighted by Crippen LogP contribution is -2.01. The van der Waals surface area contributed by atoms with E-state index in [4.69, 9.17) is 0 Å². The molecule has 0 atom stereocenters. The minimum Gasteiger partial charge on any atom is -0.253 e. The Balaban J connectivity index is 2.08. The zero-order chi connectivity index (χ0) is 14.7. The standard InChI is InChI=1S/C16H11N5/c1-11-5-7-12(8-6-11)15-14(10-17)19-16(21-20-15)13-4-2-3-9-18-13/h2-9H,1H3. The maximum atomic E-state index is 9.31. The Morgan fingerprint density at radius 1 is 1.00 bits per heavy atom. The number of benzene rings is 1. The van der Waals surface area contributed by atoms with E-state index in [9.17, 15) is 5.26 Å². The molecule has 0 N–H and O–H groups in total. The van der Waals surface area contributed by atoms with Crippen molar-refractivity contribution in [2.75, 3.05) is 0 Å². The van der Waals surface area contributed by atoms with Gasteiger partial charge in [0.25, 0.3) is 0 Å². The smallest absolute Gasteiger partial charge is 0.201 e. The van der Waals surface area contributed by atoms with Gasteiger partial charge in [-0.3, -0.25) is 4.98 Å². The molecule has 0 spiro atoms. The summed E-state index contributed by atoms with van der Waals surface area (Å²) in [5.74, 6) is 0.350. The van der Waals surface area contributed by atoms with Crippen LogP contribution >= 0.6 is 0 Å². The molecule has 0 bridgehead atoms. The largest absolute Gasteiger partial charge is 0.253 e. The van der Waals surface area contributed by atoms with Crippen molar-refractivity contribution in [3.05, 3.63) is 59.9 Å². The molecule has 0 saturated carbocycles. The van der Waals surface area contributed by atoms with Crippen molar-refractivity contribution in [1.82, 2.24) is 20.2 Å².